The number of anilines is 1. The molecule has 1 amide bonds. The molecule has 0 radical (unpaired) electrons. The maximum atomic E-state index is 12.4. The van der Waals surface area contributed by atoms with Crippen molar-refractivity contribution in [3.8, 4) is 5.75 Å². The zero-order valence-corrected chi connectivity index (χ0v) is 15.6. The average Bonchev–Trinajstić information content (AvgIpc) is 3.40. The highest BCUT2D eigenvalue weighted by Gasteiger charge is 2.31. The van der Waals surface area contributed by atoms with Gasteiger partial charge >= 0.3 is 6.61 Å². The lowest BCUT2D eigenvalue weighted by Crippen LogP contribution is -2.23. The van der Waals surface area contributed by atoms with Gasteiger partial charge in [0.1, 0.15) is 11.6 Å². The highest BCUT2D eigenvalue weighted by Crippen LogP contribution is 2.40. The Kier molecular flexibility index (Phi) is 6.10. The van der Waals surface area contributed by atoms with Crippen molar-refractivity contribution in [2.75, 3.05) is 5.32 Å². The molecule has 1 unspecified atom stereocenters. The van der Waals surface area contributed by atoms with E-state index in [1.54, 1.807) is 13.0 Å². The molecule has 0 spiro atoms. The standard InChI is InChI=1S/C18H20F2N4O2S/c1-3-10-24-15(12-4-5-12)22-23-18(24)27-11(2)16(25)21-13-6-8-14(9-7-13)26-17(19)20/h3,6-9,11-12,17H,1,4-5,10H2,2H3,(H,21,25). The first-order chi connectivity index (χ1) is 13.0. The van der Waals surface area contributed by atoms with Gasteiger partial charge in [0.2, 0.25) is 5.91 Å². The molecule has 9 heteroatoms. The number of carbonyl (C=O) groups excluding carboxylic acids is 1. The van der Waals surface area contributed by atoms with Crippen molar-refractivity contribution >= 4 is 23.4 Å². The number of thioether (sulfide) groups is 1. The van der Waals surface area contributed by atoms with Crippen LogP contribution in [0.2, 0.25) is 0 Å². The van der Waals surface area contributed by atoms with Crippen LogP contribution < -0.4 is 10.1 Å². The summed E-state index contributed by atoms with van der Waals surface area (Å²) in [5, 5.41) is 11.5. The lowest BCUT2D eigenvalue weighted by molar-refractivity contribution is -0.115. The summed E-state index contributed by atoms with van der Waals surface area (Å²) >= 11 is 1.32. The second-order valence-electron chi connectivity index (χ2n) is 6.17. The van der Waals surface area contributed by atoms with Crippen LogP contribution in [-0.4, -0.2) is 32.5 Å². The molecule has 1 N–H and O–H groups in total. The van der Waals surface area contributed by atoms with Crippen molar-refractivity contribution in [2.24, 2.45) is 0 Å². The fraction of sp³-hybridized carbons (Fsp3) is 0.389. The molecule has 1 aromatic carbocycles. The molecule has 1 saturated carbocycles. The second kappa shape index (κ2) is 8.51. The number of benzene rings is 1. The first kappa shape index (κ1) is 19.3. The van der Waals surface area contributed by atoms with Gasteiger partial charge in [-0.15, -0.1) is 16.8 Å². The molecule has 0 aliphatic heterocycles. The zero-order chi connectivity index (χ0) is 19.4. The third kappa shape index (κ3) is 5.06. The Morgan fingerprint density at radius 3 is 2.70 bits per heavy atom. The van der Waals surface area contributed by atoms with Crippen molar-refractivity contribution < 1.29 is 18.3 Å². The molecule has 144 valence electrons. The molecule has 27 heavy (non-hydrogen) atoms. The predicted octanol–water partition coefficient (Wildman–Crippen LogP) is 4.06. The number of hydrogen-bond acceptors (Lipinski definition) is 5. The number of nitrogens with one attached hydrogen (secondary N) is 1. The van der Waals surface area contributed by atoms with E-state index in [9.17, 15) is 13.6 Å². The summed E-state index contributed by atoms with van der Waals surface area (Å²) in [4.78, 5) is 12.4. The molecule has 1 aliphatic rings. The molecule has 1 fully saturated rings. The average molecular weight is 394 g/mol. The van der Waals surface area contributed by atoms with Crippen LogP contribution in [0.25, 0.3) is 0 Å². The summed E-state index contributed by atoms with van der Waals surface area (Å²) in [6.07, 6.45) is 4.01. The van der Waals surface area contributed by atoms with Crippen LogP contribution in [0, 0.1) is 0 Å². The van der Waals surface area contributed by atoms with Crippen molar-refractivity contribution in [3.63, 3.8) is 0 Å². The molecule has 1 heterocycles. The van der Waals surface area contributed by atoms with Crippen LogP contribution in [-0.2, 0) is 11.3 Å². The van der Waals surface area contributed by atoms with E-state index in [1.807, 2.05) is 4.57 Å². The van der Waals surface area contributed by atoms with E-state index in [-0.39, 0.29) is 11.7 Å². The zero-order valence-electron chi connectivity index (χ0n) is 14.8. The molecular formula is C18H20F2N4O2S. The quantitative estimate of drug-likeness (QED) is 0.513. The van der Waals surface area contributed by atoms with Gasteiger partial charge in [0.25, 0.3) is 0 Å². The van der Waals surface area contributed by atoms with E-state index in [0.29, 0.717) is 23.3 Å². The highest BCUT2D eigenvalue weighted by molar-refractivity contribution is 8.00. The van der Waals surface area contributed by atoms with Crippen LogP contribution in [0.4, 0.5) is 14.5 Å². The topological polar surface area (TPSA) is 69.0 Å². The fourth-order valence-corrected chi connectivity index (χ4v) is 3.37. The third-order valence-electron chi connectivity index (χ3n) is 4.00. The number of carbonyl (C=O) groups is 1. The van der Waals surface area contributed by atoms with Gasteiger partial charge in [-0.25, -0.2) is 0 Å². The number of ether oxygens (including phenoxy) is 1. The smallest absolute Gasteiger partial charge is 0.387 e. The largest absolute Gasteiger partial charge is 0.435 e. The monoisotopic (exact) mass is 394 g/mol. The molecule has 0 bridgehead atoms. The van der Waals surface area contributed by atoms with Gasteiger partial charge in [-0.3, -0.25) is 4.79 Å². The molecule has 1 aromatic heterocycles. The number of nitrogens with zero attached hydrogens (tertiary/aromatic N) is 3. The van der Waals surface area contributed by atoms with Gasteiger partial charge in [-0.1, -0.05) is 17.8 Å². The number of amides is 1. The molecule has 1 atom stereocenters. The molecule has 2 aromatic rings. The number of rotatable bonds is 9. The van der Waals surface area contributed by atoms with E-state index >= 15 is 0 Å². The maximum Gasteiger partial charge on any atom is 0.387 e. The lowest BCUT2D eigenvalue weighted by atomic mass is 10.3. The van der Waals surface area contributed by atoms with Crippen molar-refractivity contribution in [2.45, 2.75) is 49.2 Å². The number of hydrogen-bond donors (Lipinski definition) is 1. The van der Waals surface area contributed by atoms with Crippen LogP contribution >= 0.6 is 11.8 Å². The van der Waals surface area contributed by atoms with Crippen LogP contribution in [0.1, 0.15) is 31.5 Å². The maximum absolute atomic E-state index is 12.4. The van der Waals surface area contributed by atoms with Crippen molar-refractivity contribution in [3.05, 3.63) is 42.7 Å². The predicted molar refractivity (Wildman–Crippen MR) is 99.2 cm³/mol. The number of halogens is 2. The Balaban J connectivity index is 1.61. The van der Waals surface area contributed by atoms with Gasteiger partial charge < -0.3 is 14.6 Å². The Bertz CT molecular complexity index is 806. The first-order valence-electron chi connectivity index (χ1n) is 8.54. The summed E-state index contributed by atoms with van der Waals surface area (Å²) in [5.74, 6) is 1.21. The molecule has 0 saturated heterocycles. The van der Waals surface area contributed by atoms with E-state index in [4.69, 9.17) is 0 Å². The minimum absolute atomic E-state index is 0.0376. The van der Waals surface area contributed by atoms with Crippen LogP contribution in [0.15, 0.2) is 42.1 Å². The Morgan fingerprint density at radius 1 is 1.41 bits per heavy atom. The minimum atomic E-state index is -2.88. The number of allylic oxidation sites excluding steroid dienone is 1. The van der Waals surface area contributed by atoms with Crippen LogP contribution in [0.5, 0.6) is 5.75 Å². The summed E-state index contributed by atoms with van der Waals surface area (Å²) in [6, 6.07) is 5.78. The Hall–Kier alpha value is -2.42. The second-order valence-corrected chi connectivity index (χ2v) is 7.47. The Labute approximate surface area is 160 Å². The molecular weight excluding hydrogens is 374 g/mol. The summed E-state index contributed by atoms with van der Waals surface area (Å²) in [6.45, 7) is 3.27. The van der Waals surface area contributed by atoms with Gasteiger partial charge in [0.05, 0.1) is 5.25 Å². The van der Waals surface area contributed by atoms with E-state index < -0.39 is 11.9 Å². The fourth-order valence-electron chi connectivity index (χ4n) is 2.51. The molecule has 1 aliphatic carbocycles. The van der Waals surface area contributed by atoms with Crippen molar-refractivity contribution in [1.29, 1.82) is 0 Å². The lowest BCUT2D eigenvalue weighted by Gasteiger charge is -2.13. The normalized spacial score (nSPS) is 14.8. The van der Waals surface area contributed by atoms with E-state index in [1.165, 1.54) is 36.0 Å². The summed E-state index contributed by atoms with van der Waals surface area (Å²) in [7, 11) is 0. The van der Waals surface area contributed by atoms with Gasteiger partial charge in [0, 0.05) is 18.2 Å². The third-order valence-corrected chi connectivity index (χ3v) is 5.08. The Morgan fingerprint density at radius 2 is 2.11 bits per heavy atom. The van der Waals surface area contributed by atoms with Gasteiger partial charge in [0.15, 0.2) is 5.16 Å². The minimum Gasteiger partial charge on any atom is -0.435 e. The van der Waals surface area contributed by atoms with Gasteiger partial charge in [-0.05, 0) is 44.0 Å². The summed E-state index contributed by atoms with van der Waals surface area (Å²) < 4.78 is 30.6. The summed E-state index contributed by atoms with van der Waals surface area (Å²) in [5.41, 5.74) is 0.500. The SMILES string of the molecule is C=CCn1c(SC(C)C(=O)Nc2ccc(OC(F)F)cc2)nnc1C1CC1. The molecule has 3 rings (SSSR count). The van der Waals surface area contributed by atoms with Crippen LogP contribution in [0.3, 0.4) is 0 Å². The first-order valence-corrected chi connectivity index (χ1v) is 9.42. The highest BCUT2D eigenvalue weighted by atomic mass is 32.2. The number of alkyl halides is 2. The number of aromatic nitrogens is 3. The van der Waals surface area contributed by atoms with E-state index in [0.717, 1.165) is 18.7 Å². The van der Waals surface area contributed by atoms with Gasteiger partial charge in [-0.2, -0.15) is 8.78 Å². The van der Waals surface area contributed by atoms with E-state index in [2.05, 4.69) is 26.8 Å². The molecule has 6 nitrogen and oxygen atoms in total. The van der Waals surface area contributed by atoms with Crippen molar-refractivity contribution in [1.82, 2.24) is 14.8 Å².